The zero-order valence-corrected chi connectivity index (χ0v) is 7.58. The molecule has 1 aliphatic carbocycles. The third kappa shape index (κ3) is 4.00. The van der Waals surface area contributed by atoms with E-state index in [2.05, 4.69) is 5.32 Å². The monoisotopic (exact) mass is 177 g/mol. The second-order valence-corrected chi connectivity index (χ2v) is 3.79. The molecule has 1 fully saturated rings. The summed E-state index contributed by atoms with van der Waals surface area (Å²) < 4.78 is 24.8. The standard InChI is InChI=1S/C9H17F2N/c1-9(10,11)7-12-8-5-3-2-4-6-8/h8,12H,2-7H2,1H3. The summed E-state index contributed by atoms with van der Waals surface area (Å²) in [5, 5.41) is 2.91. The molecule has 0 radical (unpaired) electrons. The van der Waals surface area contributed by atoms with Crippen LogP contribution < -0.4 is 5.32 Å². The zero-order valence-electron chi connectivity index (χ0n) is 7.58. The molecule has 1 nitrogen and oxygen atoms in total. The van der Waals surface area contributed by atoms with Crippen LogP contribution in [0.15, 0.2) is 0 Å². The van der Waals surface area contributed by atoms with E-state index in [9.17, 15) is 8.78 Å². The molecule has 0 aliphatic heterocycles. The van der Waals surface area contributed by atoms with Gasteiger partial charge >= 0.3 is 0 Å². The van der Waals surface area contributed by atoms with Crippen LogP contribution in [0.1, 0.15) is 39.0 Å². The Hall–Kier alpha value is -0.180. The van der Waals surface area contributed by atoms with Crippen molar-refractivity contribution in [2.24, 2.45) is 0 Å². The number of halogens is 2. The fraction of sp³-hybridized carbons (Fsp3) is 1.00. The summed E-state index contributed by atoms with van der Waals surface area (Å²) in [6.45, 7) is 0.792. The number of rotatable bonds is 3. The molecule has 0 heterocycles. The van der Waals surface area contributed by atoms with Crippen molar-refractivity contribution in [3.63, 3.8) is 0 Å². The van der Waals surface area contributed by atoms with Crippen LogP contribution in [0.25, 0.3) is 0 Å². The largest absolute Gasteiger partial charge is 0.308 e. The third-order valence-electron chi connectivity index (χ3n) is 2.31. The average Bonchev–Trinajstić information content (AvgIpc) is 2.02. The van der Waals surface area contributed by atoms with Gasteiger partial charge in [-0.2, -0.15) is 0 Å². The van der Waals surface area contributed by atoms with E-state index in [0.717, 1.165) is 19.8 Å². The van der Waals surface area contributed by atoms with Gasteiger partial charge in [0.1, 0.15) is 0 Å². The van der Waals surface area contributed by atoms with Crippen molar-refractivity contribution in [1.29, 1.82) is 0 Å². The summed E-state index contributed by atoms with van der Waals surface area (Å²) in [7, 11) is 0. The Morgan fingerprint density at radius 3 is 2.33 bits per heavy atom. The van der Waals surface area contributed by atoms with Gasteiger partial charge in [-0.05, 0) is 12.8 Å². The van der Waals surface area contributed by atoms with Gasteiger partial charge in [-0.1, -0.05) is 19.3 Å². The summed E-state index contributed by atoms with van der Waals surface area (Å²) in [6, 6.07) is 0.338. The maximum Gasteiger partial charge on any atom is 0.257 e. The highest BCUT2D eigenvalue weighted by Gasteiger charge is 2.23. The first-order chi connectivity index (χ1) is 5.58. The zero-order chi connectivity index (χ0) is 9.03. The Bertz CT molecular complexity index is 125. The highest BCUT2D eigenvalue weighted by atomic mass is 19.3. The molecule has 0 aromatic heterocycles. The summed E-state index contributed by atoms with van der Waals surface area (Å²) in [5.74, 6) is -2.56. The van der Waals surface area contributed by atoms with Crippen LogP contribution in [0.4, 0.5) is 8.78 Å². The quantitative estimate of drug-likeness (QED) is 0.698. The van der Waals surface area contributed by atoms with E-state index in [0.29, 0.717) is 6.04 Å². The molecule has 1 N–H and O–H groups in total. The van der Waals surface area contributed by atoms with Crippen LogP contribution in [0.2, 0.25) is 0 Å². The van der Waals surface area contributed by atoms with Crippen molar-refractivity contribution < 1.29 is 8.78 Å². The van der Waals surface area contributed by atoms with E-state index in [-0.39, 0.29) is 6.54 Å². The molecule has 3 heteroatoms. The van der Waals surface area contributed by atoms with Gasteiger partial charge in [-0.3, -0.25) is 0 Å². The third-order valence-corrected chi connectivity index (χ3v) is 2.31. The van der Waals surface area contributed by atoms with E-state index in [1.165, 1.54) is 19.3 Å². The van der Waals surface area contributed by atoms with Crippen LogP contribution in [0, 0.1) is 0 Å². The van der Waals surface area contributed by atoms with Crippen molar-refractivity contribution in [1.82, 2.24) is 5.32 Å². The predicted octanol–water partition coefficient (Wildman–Crippen LogP) is 2.56. The number of hydrogen-bond acceptors (Lipinski definition) is 1. The first-order valence-corrected chi connectivity index (χ1v) is 4.69. The number of hydrogen-bond donors (Lipinski definition) is 1. The predicted molar refractivity (Wildman–Crippen MR) is 45.5 cm³/mol. The van der Waals surface area contributed by atoms with Gasteiger partial charge in [-0.25, -0.2) is 8.78 Å². The lowest BCUT2D eigenvalue weighted by Crippen LogP contribution is -2.38. The molecule has 72 valence electrons. The molecule has 0 aromatic carbocycles. The highest BCUT2D eigenvalue weighted by Crippen LogP contribution is 2.18. The molecule has 0 amide bonds. The van der Waals surface area contributed by atoms with Crippen LogP contribution in [-0.2, 0) is 0 Å². The first-order valence-electron chi connectivity index (χ1n) is 4.69. The smallest absolute Gasteiger partial charge is 0.257 e. The van der Waals surface area contributed by atoms with Gasteiger partial charge in [0, 0.05) is 13.0 Å². The fourth-order valence-corrected chi connectivity index (χ4v) is 1.63. The molecule has 1 aliphatic rings. The van der Waals surface area contributed by atoms with Gasteiger partial charge < -0.3 is 5.32 Å². The topological polar surface area (TPSA) is 12.0 Å². The van der Waals surface area contributed by atoms with Crippen molar-refractivity contribution >= 4 is 0 Å². The Labute approximate surface area is 72.5 Å². The molecule has 0 aromatic rings. The van der Waals surface area contributed by atoms with Gasteiger partial charge in [0.2, 0.25) is 0 Å². The van der Waals surface area contributed by atoms with E-state index < -0.39 is 5.92 Å². The summed E-state index contributed by atoms with van der Waals surface area (Å²) in [6.07, 6.45) is 5.77. The normalized spacial score (nSPS) is 21.2. The van der Waals surface area contributed by atoms with E-state index in [4.69, 9.17) is 0 Å². The van der Waals surface area contributed by atoms with Gasteiger partial charge in [0.15, 0.2) is 0 Å². The van der Waals surface area contributed by atoms with Crippen LogP contribution in [-0.4, -0.2) is 18.5 Å². The molecular weight excluding hydrogens is 160 g/mol. The molecule has 1 saturated carbocycles. The average molecular weight is 177 g/mol. The molecular formula is C9H17F2N. The molecule has 0 saturated heterocycles. The summed E-state index contributed by atoms with van der Waals surface area (Å²) in [5.41, 5.74) is 0. The Balaban J connectivity index is 2.13. The Morgan fingerprint density at radius 1 is 1.25 bits per heavy atom. The lowest BCUT2D eigenvalue weighted by atomic mass is 9.95. The van der Waals surface area contributed by atoms with E-state index in [1.807, 2.05) is 0 Å². The maximum absolute atomic E-state index is 12.4. The van der Waals surface area contributed by atoms with Crippen molar-refractivity contribution in [3.8, 4) is 0 Å². The van der Waals surface area contributed by atoms with Gasteiger partial charge in [0.05, 0.1) is 6.54 Å². The van der Waals surface area contributed by atoms with Crippen LogP contribution in [0.5, 0.6) is 0 Å². The van der Waals surface area contributed by atoms with E-state index >= 15 is 0 Å². The highest BCUT2D eigenvalue weighted by molar-refractivity contribution is 4.74. The van der Waals surface area contributed by atoms with Crippen molar-refractivity contribution in [2.45, 2.75) is 51.0 Å². The summed E-state index contributed by atoms with van der Waals surface area (Å²) in [4.78, 5) is 0. The maximum atomic E-state index is 12.4. The summed E-state index contributed by atoms with van der Waals surface area (Å²) >= 11 is 0. The SMILES string of the molecule is CC(F)(F)CNC1CCCCC1. The fourth-order valence-electron chi connectivity index (χ4n) is 1.63. The molecule has 0 atom stereocenters. The minimum atomic E-state index is -2.56. The van der Waals surface area contributed by atoms with Crippen LogP contribution in [0.3, 0.4) is 0 Å². The molecule has 0 spiro atoms. The molecule has 0 unspecified atom stereocenters. The number of nitrogens with one attached hydrogen (secondary N) is 1. The Morgan fingerprint density at radius 2 is 1.83 bits per heavy atom. The van der Waals surface area contributed by atoms with E-state index in [1.54, 1.807) is 0 Å². The molecule has 0 bridgehead atoms. The molecule has 12 heavy (non-hydrogen) atoms. The van der Waals surface area contributed by atoms with Crippen molar-refractivity contribution in [2.75, 3.05) is 6.54 Å². The minimum Gasteiger partial charge on any atom is -0.308 e. The second-order valence-electron chi connectivity index (χ2n) is 3.79. The lowest BCUT2D eigenvalue weighted by molar-refractivity contribution is 0.0187. The van der Waals surface area contributed by atoms with Crippen molar-refractivity contribution in [3.05, 3.63) is 0 Å². The Kier molecular flexibility index (Phi) is 3.44. The minimum absolute atomic E-state index is 0.169. The molecule has 1 rings (SSSR count). The van der Waals surface area contributed by atoms with Crippen LogP contribution >= 0.6 is 0 Å². The van der Waals surface area contributed by atoms with Gasteiger partial charge in [0.25, 0.3) is 5.92 Å². The lowest BCUT2D eigenvalue weighted by Gasteiger charge is -2.24. The van der Waals surface area contributed by atoms with Gasteiger partial charge in [-0.15, -0.1) is 0 Å². The number of alkyl halides is 2. The first kappa shape index (κ1) is 9.90. The second kappa shape index (κ2) is 4.17.